The Hall–Kier alpha value is -2.04. The zero-order valence-electron chi connectivity index (χ0n) is 17.9. The summed E-state index contributed by atoms with van der Waals surface area (Å²) < 4.78 is 39.6. The van der Waals surface area contributed by atoms with E-state index in [-0.39, 0.29) is 29.9 Å². The van der Waals surface area contributed by atoms with Crippen LogP contribution >= 0.6 is 0 Å². The van der Waals surface area contributed by atoms with Gasteiger partial charge < -0.3 is 10.2 Å². The molecule has 172 valence electrons. The molecule has 2 aliphatic rings. The Morgan fingerprint density at radius 2 is 1.74 bits per heavy atom. The van der Waals surface area contributed by atoms with Crippen molar-refractivity contribution in [1.82, 2.24) is 14.1 Å². The second-order valence-electron chi connectivity index (χ2n) is 8.09. The molecule has 0 spiro atoms. The molecule has 1 aromatic rings. The summed E-state index contributed by atoms with van der Waals surface area (Å²) in [5.74, 6) is -0.628. The maximum absolute atomic E-state index is 13.1. The first-order valence-corrected chi connectivity index (χ1v) is 12.5. The zero-order valence-corrected chi connectivity index (χ0v) is 18.7. The smallest absolute Gasteiger partial charge is 0.241 e. The van der Waals surface area contributed by atoms with Crippen molar-refractivity contribution in [2.45, 2.75) is 38.6 Å². The molecule has 2 amide bonds. The number of sulfonamides is 1. The number of piperidine rings is 1. The Morgan fingerprint density at radius 3 is 2.39 bits per heavy atom. The third-order valence-corrected chi connectivity index (χ3v) is 7.81. The number of benzene rings is 1. The van der Waals surface area contributed by atoms with Crippen molar-refractivity contribution in [3.8, 4) is 0 Å². The third-order valence-electron chi connectivity index (χ3n) is 5.74. The Balaban J connectivity index is 1.51. The SMILES string of the molecule is CCCS(=O)(=O)N1CCCCC1C(=O)N1CCN(CC(=O)Nc2ccc(F)cc2)CC1. The first kappa shape index (κ1) is 23.6. The van der Waals surface area contributed by atoms with Gasteiger partial charge in [0.15, 0.2) is 0 Å². The van der Waals surface area contributed by atoms with Gasteiger partial charge in [-0.3, -0.25) is 14.5 Å². The topological polar surface area (TPSA) is 90.0 Å². The molecule has 1 N–H and O–H groups in total. The van der Waals surface area contributed by atoms with Crippen LogP contribution < -0.4 is 5.32 Å². The molecule has 3 rings (SSSR count). The van der Waals surface area contributed by atoms with Crippen LogP contribution in [0, 0.1) is 5.82 Å². The van der Waals surface area contributed by atoms with Gasteiger partial charge in [0.25, 0.3) is 0 Å². The standard InChI is InChI=1S/C21H31FN4O4S/c1-2-15-31(29,30)26-10-4-3-5-19(26)21(28)25-13-11-24(12-14-25)16-20(27)23-18-8-6-17(22)7-9-18/h6-9,19H,2-5,10-16H2,1H3,(H,23,27). The molecule has 0 bridgehead atoms. The molecule has 1 aromatic carbocycles. The Bertz CT molecular complexity index is 870. The van der Waals surface area contributed by atoms with Crippen LogP contribution in [0.5, 0.6) is 0 Å². The summed E-state index contributed by atoms with van der Waals surface area (Å²) in [6, 6.07) is 4.97. The highest BCUT2D eigenvalue weighted by Crippen LogP contribution is 2.23. The van der Waals surface area contributed by atoms with Crippen LogP contribution in [0.2, 0.25) is 0 Å². The van der Waals surface area contributed by atoms with Crippen molar-refractivity contribution in [3.63, 3.8) is 0 Å². The largest absolute Gasteiger partial charge is 0.339 e. The van der Waals surface area contributed by atoms with E-state index in [2.05, 4.69) is 5.32 Å². The van der Waals surface area contributed by atoms with Crippen molar-refractivity contribution in [3.05, 3.63) is 30.1 Å². The van der Waals surface area contributed by atoms with Crippen LogP contribution in [0.15, 0.2) is 24.3 Å². The van der Waals surface area contributed by atoms with E-state index in [1.807, 2.05) is 11.8 Å². The number of carbonyl (C=O) groups is 2. The predicted octanol–water partition coefficient (Wildman–Crippen LogP) is 1.50. The molecule has 2 saturated heterocycles. The van der Waals surface area contributed by atoms with Crippen LogP contribution in [0.25, 0.3) is 0 Å². The van der Waals surface area contributed by atoms with Crippen molar-refractivity contribution in [1.29, 1.82) is 0 Å². The molecular formula is C21H31FN4O4S. The maximum atomic E-state index is 13.1. The lowest BCUT2D eigenvalue weighted by Crippen LogP contribution is -2.57. The van der Waals surface area contributed by atoms with Gasteiger partial charge in [-0.1, -0.05) is 13.3 Å². The van der Waals surface area contributed by atoms with Crippen molar-refractivity contribution in [2.24, 2.45) is 0 Å². The third kappa shape index (κ3) is 6.24. The highest BCUT2D eigenvalue weighted by molar-refractivity contribution is 7.89. The van der Waals surface area contributed by atoms with Crippen LogP contribution in [-0.2, 0) is 19.6 Å². The van der Waals surface area contributed by atoms with E-state index in [9.17, 15) is 22.4 Å². The average Bonchev–Trinajstić information content (AvgIpc) is 2.75. The van der Waals surface area contributed by atoms with Gasteiger partial charge in [0.1, 0.15) is 11.9 Å². The minimum Gasteiger partial charge on any atom is -0.339 e. The molecule has 0 saturated carbocycles. The monoisotopic (exact) mass is 454 g/mol. The van der Waals surface area contributed by atoms with Gasteiger partial charge in [-0.25, -0.2) is 12.8 Å². The molecule has 0 radical (unpaired) electrons. The predicted molar refractivity (Wildman–Crippen MR) is 116 cm³/mol. The number of piperazine rings is 1. The number of anilines is 1. The Morgan fingerprint density at radius 1 is 1.06 bits per heavy atom. The van der Waals surface area contributed by atoms with E-state index in [4.69, 9.17) is 0 Å². The minimum absolute atomic E-state index is 0.0632. The summed E-state index contributed by atoms with van der Waals surface area (Å²) in [5.41, 5.74) is 0.533. The fraction of sp³-hybridized carbons (Fsp3) is 0.619. The molecule has 8 nitrogen and oxygen atoms in total. The number of halogens is 1. The summed E-state index contributed by atoms with van der Waals surface area (Å²) in [7, 11) is -3.43. The number of hydrogen-bond donors (Lipinski definition) is 1. The molecule has 2 fully saturated rings. The first-order chi connectivity index (χ1) is 14.8. The first-order valence-electron chi connectivity index (χ1n) is 10.9. The zero-order chi connectivity index (χ0) is 22.4. The summed E-state index contributed by atoms with van der Waals surface area (Å²) in [5, 5.41) is 2.74. The van der Waals surface area contributed by atoms with Crippen LogP contribution in [0.1, 0.15) is 32.6 Å². The van der Waals surface area contributed by atoms with Crippen molar-refractivity contribution in [2.75, 3.05) is 50.3 Å². The van der Waals surface area contributed by atoms with Gasteiger partial charge in [0.2, 0.25) is 21.8 Å². The van der Waals surface area contributed by atoms with Crippen LogP contribution in [0.3, 0.4) is 0 Å². The lowest BCUT2D eigenvalue weighted by molar-refractivity contribution is -0.138. The highest BCUT2D eigenvalue weighted by atomic mass is 32.2. The van der Waals surface area contributed by atoms with Crippen molar-refractivity contribution < 1.29 is 22.4 Å². The number of nitrogens with zero attached hydrogens (tertiary/aromatic N) is 3. The molecule has 10 heteroatoms. The molecule has 0 aliphatic carbocycles. The van der Waals surface area contributed by atoms with Gasteiger partial charge in [-0.05, 0) is 43.5 Å². The Labute approximate surface area is 183 Å². The molecule has 2 aliphatic heterocycles. The lowest BCUT2D eigenvalue weighted by atomic mass is 10.0. The normalized spacial score (nSPS) is 21.1. The molecule has 1 atom stereocenters. The molecule has 2 heterocycles. The lowest BCUT2D eigenvalue weighted by Gasteiger charge is -2.40. The van der Waals surface area contributed by atoms with Gasteiger partial charge in [-0.2, -0.15) is 4.31 Å². The van der Waals surface area contributed by atoms with Gasteiger partial charge >= 0.3 is 0 Å². The van der Waals surface area contributed by atoms with E-state index >= 15 is 0 Å². The molecule has 1 unspecified atom stereocenters. The van der Waals surface area contributed by atoms with E-state index in [0.29, 0.717) is 51.3 Å². The van der Waals surface area contributed by atoms with Gasteiger partial charge in [-0.15, -0.1) is 0 Å². The second kappa shape index (κ2) is 10.5. The number of amides is 2. The van der Waals surface area contributed by atoms with E-state index in [1.165, 1.54) is 28.6 Å². The number of hydrogen-bond acceptors (Lipinski definition) is 5. The summed E-state index contributed by atoms with van der Waals surface area (Å²) >= 11 is 0. The average molecular weight is 455 g/mol. The Kier molecular flexibility index (Phi) is 8.01. The fourth-order valence-electron chi connectivity index (χ4n) is 4.13. The minimum atomic E-state index is -3.43. The fourth-order valence-corrected chi connectivity index (χ4v) is 5.87. The summed E-state index contributed by atoms with van der Waals surface area (Å²) in [4.78, 5) is 29.0. The van der Waals surface area contributed by atoms with E-state index in [1.54, 1.807) is 4.90 Å². The molecular weight excluding hydrogens is 423 g/mol. The van der Waals surface area contributed by atoms with Crippen molar-refractivity contribution >= 4 is 27.5 Å². The number of rotatable bonds is 7. The number of nitrogens with one attached hydrogen (secondary N) is 1. The summed E-state index contributed by atoms with van der Waals surface area (Å²) in [6.45, 7) is 4.40. The van der Waals surface area contributed by atoms with Gasteiger partial charge in [0, 0.05) is 38.4 Å². The quantitative estimate of drug-likeness (QED) is 0.675. The molecule has 0 aromatic heterocycles. The summed E-state index contributed by atoms with van der Waals surface area (Å²) in [6.07, 6.45) is 2.71. The molecule has 31 heavy (non-hydrogen) atoms. The number of carbonyl (C=O) groups excluding carboxylic acids is 2. The van der Waals surface area contributed by atoms with E-state index < -0.39 is 16.1 Å². The second-order valence-corrected chi connectivity index (χ2v) is 10.1. The highest BCUT2D eigenvalue weighted by Gasteiger charge is 2.38. The van der Waals surface area contributed by atoms with Crippen LogP contribution in [0.4, 0.5) is 10.1 Å². The van der Waals surface area contributed by atoms with Crippen LogP contribution in [-0.4, -0.2) is 85.4 Å². The maximum Gasteiger partial charge on any atom is 0.241 e. The van der Waals surface area contributed by atoms with E-state index in [0.717, 1.165) is 12.8 Å². The van der Waals surface area contributed by atoms with Gasteiger partial charge in [0.05, 0.1) is 12.3 Å².